The topological polar surface area (TPSA) is 71.7 Å². The number of terminal acetylenes is 1. The molecule has 1 saturated heterocycles. The van der Waals surface area contributed by atoms with Crippen molar-refractivity contribution in [3.05, 3.63) is 95.7 Å². The van der Waals surface area contributed by atoms with E-state index in [4.69, 9.17) is 0 Å². The summed E-state index contributed by atoms with van der Waals surface area (Å²) in [5.74, 6) is 1.10. The van der Waals surface area contributed by atoms with Crippen LogP contribution in [0.1, 0.15) is 89.8 Å². The van der Waals surface area contributed by atoms with Crippen LogP contribution in [0, 0.1) is 25.7 Å². The lowest BCUT2D eigenvalue weighted by molar-refractivity contribution is -0.121. The van der Waals surface area contributed by atoms with Crippen LogP contribution in [0.15, 0.2) is 79.0 Å². The number of carbonyl (C=O) groups excluding carboxylic acids is 2. The van der Waals surface area contributed by atoms with E-state index >= 15 is 0 Å². The Bertz CT molecular complexity index is 1590. The smallest absolute Gasteiger partial charge is 0.227 e. The third kappa shape index (κ3) is 15.9. The number of hydrogen-bond acceptors (Lipinski definition) is 4. The summed E-state index contributed by atoms with van der Waals surface area (Å²) >= 11 is 0. The molecule has 290 valence electrons. The van der Waals surface area contributed by atoms with E-state index in [1.807, 2.05) is 50.9 Å². The summed E-state index contributed by atoms with van der Waals surface area (Å²) in [4.78, 5) is 33.8. The molecule has 3 aromatic carbocycles. The van der Waals surface area contributed by atoms with Gasteiger partial charge in [0.15, 0.2) is 0 Å². The largest absolute Gasteiger partial charge is 0.372 e. The predicted octanol–water partition coefficient (Wildman–Crippen LogP) is 9.69. The van der Waals surface area contributed by atoms with E-state index in [2.05, 4.69) is 122 Å². The summed E-state index contributed by atoms with van der Waals surface area (Å²) in [7, 11) is 5.82. The van der Waals surface area contributed by atoms with Crippen molar-refractivity contribution in [2.75, 3.05) is 57.1 Å². The van der Waals surface area contributed by atoms with E-state index in [9.17, 15) is 9.59 Å². The van der Waals surface area contributed by atoms with Gasteiger partial charge in [0.05, 0.1) is 0 Å². The van der Waals surface area contributed by atoms with Crippen molar-refractivity contribution in [3.63, 3.8) is 0 Å². The molecular weight excluding hydrogens is 655 g/mol. The number of rotatable bonds is 8. The maximum absolute atomic E-state index is 12.8. The molecule has 2 aliphatic heterocycles. The quantitative estimate of drug-likeness (QED) is 0.178. The molecule has 0 bridgehead atoms. The lowest BCUT2D eigenvalue weighted by Gasteiger charge is -2.33. The number of nitrogens with zero attached hydrogens (tertiary/aromatic N) is 3. The van der Waals surface area contributed by atoms with E-state index in [1.165, 1.54) is 40.6 Å². The Labute approximate surface area is 322 Å². The normalized spacial score (nSPS) is 13.1. The van der Waals surface area contributed by atoms with Gasteiger partial charge in [-0.25, -0.2) is 0 Å². The van der Waals surface area contributed by atoms with E-state index in [0.717, 1.165) is 63.1 Å². The molecule has 0 saturated carbocycles. The number of anilines is 2. The molecule has 2 N–H and O–H groups in total. The molecule has 7 nitrogen and oxygen atoms in total. The molecule has 1 aromatic heterocycles. The molecule has 0 radical (unpaired) electrons. The zero-order valence-electron chi connectivity index (χ0n) is 34.4. The van der Waals surface area contributed by atoms with Crippen LogP contribution in [0.4, 0.5) is 11.4 Å². The maximum atomic E-state index is 12.8. The van der Waals surface area contributed by atoms with Gasteiger partial charge in [-0.2, -0.15) is 0 Å². The van der Waals surface area contributed by atoms with E-state index in [-0.39, 0.29) is 11.8 Å². The average molecular weight is 724 g/mol. The Morgan fingerprint density at radius 1 is 0.887 bits per heavy atom. The molecule has 0 aliphatic carbocycles. The summed E-state index contributed by atoms with van der Waals surface area (Å²) in [6.07, 6.45) is 17.6. The molecule has 0 unspecified atom stereocenters. The van der Waals surface area contributed by atoms with Crippen LogP contribution in [0.2, 0.25) is 0 Å². The van der Waals surface area contributed by atoms with Gasteiger partial charge in [0.1, 0.15) is 0 Å². The number of hydrogen-bond donors (Lipinski definition) is 2. The van der Waals surface area contributed by atoms with Crippen LogP contribution in [-0.4, -0.2) is 69.0 Å². The first kappa shape index (κ1) is 46.5. The van der Waals surface area contributed by atoms with Crippen LogP contribution >= 0.6 is 0 Å². The van der Waals surface area contributed by atoms with Gasteiger partial charge in [0.25, 0.3) is 0 Å². The van der Waals surface area contributed by atoms with Gasteiger partial charge in [-0.15, -0.1) is 12.8 Å². The third-order valence-electron chi connectivity index (χ3n) is 9.36. The van der Waals surface area contributed by atoms with Crippen molar-refractivity contribution in [2.24, 2.45) is 5.92 Å². The fourth-order valence-corrected chi connectivity index (χ4v) is 6.28. The van der Waals surface area contributed by atoms with E-state index < -0.39 is 0 Å². The molecule has 7 heteroatoms. The fraction of sp³-hybridized carbons (Fsp3) is 0.478. The highest BCUT2D eigenvalue weighted by Crippen LogP contribution is 2.29. The monoisotopic (exact) mass is 724 g/mol. The van der Waals surface area contributed by atoms with Crippen LogP contribution in [0.5, 0.6) is 0 Å². The fourth-order valence-electron chi connectivity index (χ4n) is 6.28. The van der Waals surface area contributed by atoms with Gasteiger partial charge in [0, 0.05) is 68.0 Å². The Balaban J connectivity index is 0.000000428. The Hall–Kier alpha value is -4.54. The summed E-state index contributed by atoms with van der Waals surface area (Å²) in [6.45, 7) is 16.4. The Kier molecular flexibility index (Phi) is 23.8. The van der Waals surface area contributed by atoms with Crippen LogP contribution in [0.25, 0.3) is 10.9 Å². The van der Waals surface area contributed by atoms with Gasteiger partial charge < -0.3 is 25.0 Å². The summed E-state index contributed by atoms with van der Waals surface area (Å²) in [6, 6.07) is 25.3. The number of nitrogens with one attached hydrogen (secondary N) is 2. The first-order chi connectivity index (χ1) is 25.8. The molecule has 0 spiro atoms. The van der Waals surface area contributed by atoms with E-state index in [1.54, 1.807) is 7.05 Å². The first-order valence-electron chi connectivity index (χ1n) is 19.7. The minimum absolute atomic E-state index is 0.167. The summed E-state index contributed by atoms with van der Waals surface area (Å²) in [5.41, 5.74) is 7.36. The number of carbonyl (C=O) groups is 2. The number of benzene rings is 3. The molecule has 2 aliphatic rings. The molecule has 1 fully saturated rings. The van der Waals surface area contributed by atoms with Gasteiger partial charge in [-0.3, -0.25) is 9.59 Å². The van der Waals surface area contributed by atoms with Gasteiger partial charge in [-0.05, 0) is 107 Å². The minimum atomic E-state index is 0.167. The third-order valence-corrected chi connectivity index (χ3v) is 9.36. The maximum Gasteiger partial charge on any atom is 0.227 e. The number of amides is 2. The van der Waals surface area contributed by atoms with Crippen molar-refractivity contribution in [1.82, 2.24) is 15.2 Å². The van der Waals surface area contributed by atoms with Crippen LogP contribution in [0.3, 0.4) is 0 Å². The number of aromatic amines is 1. The zero-order valence-corrected chi connectivity index (χ0v) is 34.4. The molecule has 2 amide bonds. The van der Waals surface area contributed by atoms with Gasteiger partial charge >= 0.3 is 0 Å². The number of piperidine rings is 1. The second-order valence-corrected chi connectivity index (χ2v) is 13.0. The number of H-pyrrole nitrogens is 1. The lowest BCUT2D eigenvalue weighted by Crippen LogP contribution is -2.35. The number of aromatic nitrogens is 1. The highest BCUT2D eigenvalue weighted by molar-refractivity contribution is 5.95. The lowest BCUT2D eigenvalue weighted by atomic mass is 9.92. The highest BCUT2D eigenvalue weighted by Gasteiger charge is 2.23. The molecule has 53 heavy (non-hydrogen) atoms. The van der Waals surface area contributed by atoms with Crippen molar-refractivity contribution < 1.29 is 9.59 Å². The highest BCUT2D eigenvalue weighted by atomic mass is 16.2. The Morgan fingerprint density at radius 3 is 2.13 bits per heavy atom. The molecule has 3 heterocycles. The molecule has 6 rings (SSSR count). The number of para-hydroxylation sites is 2. The van der Waals surface area contributed by atoms with Crippen molar-refractivity contribution >= 4 is 34.1 Å². The van der Waals surface area contributed by atoms with Crippen molar-refractivity contribution in [2.45, 2.75) is 92.9 Å². The number of fused-ring (bicyclic) bond motifs is 2. The Morgan fingerprint density at radius 2 is 1.51 bits per heavy atom. The van der Waals surface area contributed by atoms with Crippen LogP contribution < -0.4 is 15.1 Å². The SMILES string of the molecule is C#C.CC.CC.CCN(C)C.CNC(=O)CCC1CCN(c2ccccc2)CC1.Cc1ccc2c(c1)CCCN2C(=O)CCc1c[nH]c2ccccc12. The summed E-state index contributed by atoms with van der Waals surface area (Å²) in [5, 5.41) is 3.91. The first-order valence-corrected chi connectivity index (χ1v) is 19.7. The molecule has 4 aromatic rings. The van der Waals surface area contributed by atoms with Gasteiger partial charge in [-0.1, -0.05) is 88.7 Å². The zero-order chi connectivity index (χ0) is 39.6. The molecular formula is C46H69N5O2. The standard InChI is InChI=1S/C21H22N2O.C15H22N2O.C4H11N.2C2H6.C2H2/c1-15-8-10-20-16(13-15)5-4-12-23(20)21(24)11-9-17-14-22-19-7-3-2-6-18(17)19;1-16-15(18)8-7-13-9-11-17(12-10-13)14-5-3-2-4-6-14;1-4-5(2)3;3*1-2/h2-3,6-8,10,13-14,22H,4-5,9,11-12H2,1H3;2-6,13H,7-12H2,1H3,(H,16,18);4H2,1-3H3;2*1-2H3;1-2H. The van der Waals surface area contributed by atoms with Crippen molar-refractivity contribution in [3.8, 4) is 12.8 Å². The van der Waals surface area contributed by atoms with E-state index in [0.29, 0.717) is 18.8 Å². The predicted molar refractivity (Wildman–Crippen MR) is 230 cm³/mol. The van der Waals surface area contributed by atoms with Crippen molar-refractivity contribution in [1.29, 1.82) is 0 Å². The second kappa shape index (κ2) is 27.1. The van der Waals surface area contributed by atoms with Crippen LogP contribution in [-0.2, 0) is 22.4 Å². The molecule has 0 atom stereocenters. The average Bonchev–Trinajstić information content (AvgIpc) is 3.65. The van der Waals surface area contributed by atoms with Gasteiger partial charge in [0.2, 0.25) is 11.8 Å². The second-order valence-electron chi connectivity index (χ2n) is 13.0. The number of aryl methyl sites for hydroxylation is 3. The summed E-state index contributed by atoms with van der Waals surface area (Å²) < 4.78 is 0. The minimum Gasteiger partial charge on any atom is -0.372 e.